The zero-order chi connectivity index (χ0) is 18.8. The number of ether oxygens (including phenoxy) is 2. The second-order valence-corrected chi connectivity index (χ2v) is 5.49. The van der Waals surface area contributed by atoms with E-state index in [-0.39, 0.29) is 11.7 Å². The van der Waals surface area contributed by atoms with E-state index in [0.29, 0.717) is 36.8 Å². The van der Waals surface area contributed by atoms with Crippen LogP contribution in [0.25, 0.3) is 0 Å². The van der Waals surface area contributed by atoms with Gasteiger partial charge in [-0.1, -0.05) is 25.0 Å². The lowest BCUT2D eigenvalue weighted by molar-refractivity contribution is 0.0951. The van der Waals surface area contributed by atoms with Gasteiger partial charge in [-0.25, -0.2) is 4.98 Å². The molecule has 0 atom stereocenters. The number of carbonyl (C=O) groups excluding carboxylic acids is 1. The maximum Gasteiger partial charge on any atom is 0.255 e. The standard InChI is InChI=1S/C20H23N3O3/c1-3-4-5-11-26-17-8-6-7-15(12-17)13-22-20(24)18-10-9-16(14-25-2)23-19(18)21/h6-10,12H,3,11,13-14H2,1-2H3,(H2,21,23)(H,22,24). The molecule has 6 heteroatoms. The Balaban J connectivity index is 1.94. The van der Waals surface area contributed by atoms with E-state index in [2.05, 4.69) is 22.1 Å². The van der Waals surface area contributed by atoms with Crippen molar-refractivity contribution in [3.8, 4) is 17.6 Å². The van der Waals surface area contributed by atoms with Crippen LogP contribution in [-0.2, 0) is 17.9 Å². The second-order valence-electron chi connectivity index (χ2n) is 5.49. The molecular formula is C20H23N3O3. The fraction of sp³-hybridized carbons (Fsp3) is 0.300. The molecule has 1 aromatic heterocycles. The molecule has 0 bridgehead atoms. The minimum atomic E-state index is -0.279. The summed E-state index contributed by atoms with van der Waals surface area (Å²) in [5, 5.41) is 2.84. The number of nitrogens with one attached hydrogen (secondary N) is 1. The fourth-order valence-corrected chi connectivity index (χ4v) is 2.26. The van der Waals surface area contributed by atoms with Gasteiger partial charge in [0.05, 0.1) is 17.9 Å². The van der Waals surface area contributed by atoms with Gasteiger partial charge in [0.25, 0.3) is 5.91 Å². The van der Waals surface area contributed by atoms with E-state index in [1.54, 1.807) is 19.2 Å². The molecule has 0 unspecified atom stereocenters. The number of hydrogen-bond acceptors (Lipinski definition) is 5. The van der Waals surface area contributed by atoms with E-state index < -0.39 is 0 Å². The van der Waals surface area contributed by atoms with Crippen molar-refractivity contribution >= 4 is 11.7 Å². The summed E-state index contributed by atoms with van der Waals surface area (Å²) in [4.78, 5) is 16.5. The molecule has 1 aromatic carbocycles. The lowest BCUT2D eigenvalue weighted by Gasteiger charge is -2.09. The highest BCUT2D eigenvalue weighted by molar-refractivity contribution is 5.98. The van der Waals surface area contributed by atoms with Gasteiger partial charge in [0, 0.05) is 20.1 Å². The molecule has 0 spiro atoms. The number of aromatic nitrogens is 1. The van der Waals surface area contributed by atoms with E-state index in [0.717, 1.165) is 12.0 Å². The molecule has 1 heterocycles. The van der Waals surface area contributed by atoms with Crippen LogP contribution in [0, 0.1) is 11.8 Å². The van der Waals surface area contributed by atoms with Crippen molar-refractivity contribution in [1.82, 2.24) is 10.3 Å². The smallest absolute Gasteiger partial charge is 0.255 e. The Hall–Kier alpha value is -3.04. The summed E-state index contributed by atoms with van der Waals surface area (Å²) in [5.41, 5.74) is 7.80. The first-order valence-electron chi connectivity index (χ1n) is 8.34. The highest BCUT2D eigenvalue weighted by Gasteiger charge is 2.11. The largest absolute Gasteiger partial charge is 0.481 e. The number of amides is 1. The molecule has 0 fully saturated rings. The first-order valence-corrected chi connectivity index (χ1v) is 8.34. The topological polar surface area (TPSA) is 86.5 Å². The Bertz CT molecular complexity index is 809. The monoisotopic (exact) mass is 353 g/mol. The van der Waals surface area contributed by atoms with Gasteiger partial charge in [0.2, 0.25) is 0 Å². The summed E-state index contributed by atoms with van der Waals surface area (Å²) >= 11 is 0. The van der Waals surface area contributed by atoms with Crippen LogP contribution >= 0.6 is 0 Å². The minimum Gasteiger partial charge on any atom is -0.481 e. The van der Waals surface area contributed by atoms with Gasteiger partial charge < -0.3 is 20.5 Å². The summed E-state index contributed by atoms with van der Waals surface area (Å²) in [6, 6.07) is 10.9. The molecule has 3 N–H and O–H groups in total. The van der Waals surface area contributed by atoms with E-state index in [1.807, 2.05) is 31.2 Å². The predicted octanol–water partition coefficient (Wildman–Crippen LogP) is 2.53. The summed E-state index contributed by atoms with van der Waals surface area (Å²) < 4.78 is 10.6. The van der Waals surface area contributed by atoms with Gasteiger partial charge in [-0.3, -0.25) is 4.79 Å². The normalized spacial score (nSPS) is 9.92. The lowest BCUT2D eigenvalue weighted by atomic mass is 10.2. The van der Waals surface area contributed by atoms with E-state index >= 15 is 0 Å². The van der Waals surface area contributed by atoms with Crippen molar-refractivity contribution in [3.05, 3.63) is 53.2 Å². The zero-order valence-corrected chi connectivity index (χ0v) is 15.0. The van der Waals surface area contributed by atoms with Crippen LogP contribution in [0.2, 0.25) is 0 Å². The van der Waals surface area contributed by atoms with Crippen molar-refractivity contribution in [2.24, 2.45) is 0 Å². The van der Waals surface area contributed by atoms with Gasteiger partial charge >= 0.3 is 0 Å². The summed E-state index contributed by atoms with van der Waals surface area (Å²) in [6.07, 6.45) is 0.805. The molecule has 0 saturated carbocycles. The third kappa shape index (κ3) is 5.80. The van der Waals surface area contributed by atoms with Crippen molar-refractivity contribution in [2.45, 2.75) is 26.5 Å². The van der Waals surface area contributed by atoms with Crippen molar-refractivity contribution in [1.29, 1.82) is 0 Å². The minimum absolute atomic E-state index is 0.184. The summed E-state index contributed by atoms with van der Waals surface area (Å²) in [7, 11) is 1.58. The van der Waals surface area contributed by atoms with Crippen LogP contribution in [0.1, 0.15) is 35.0 Å². The molecule has 6 nitrogen and oxygen atoms in total. The van der Waals surface area contributed by atoms with Crippen molar-refractivity contribution in [2.75, 3.05) is 19.5 Å². The first kappa shape index (κ1) is 19.3. The number of benzene rings is 1. The molecule has 0 radical (unpaired) electrons. The zero-order valence-electron chi connectivity index (χ0n) is 15.0. The number of nitrogens with two attached hydrogens (primary N) is 1. The molecule has 1 amide bonds. The number of nitrogen functional groups attached to an aromatic ring is 1. The number of rotatable bonds is 7. The summed E-state index contributed by atoms with van der Waals surface area (Å²) in [6.45, 7) is 3.04. The van der Waals surface area contributed by atoms with Gasteiger partial charge in [0.15, 0.2) is 0 Å². The van der Waals surface area contributed by atoms with E-state index in [1.165, 1.54) is 0 Å². The molecule has 136 valence electrons. The Labute approximate surface area is 153 Å². The quantitative estimate of drug-likeness (QED) is 0.747. The third-order valence-electron chi connectivity index (χ3n) is 3.48. The Morgan fingerprint density at radius 3 is 2.85 bits per heavy atom. The predicted molar refractivity (Wildman–Crippen MR) is 101 cm³/mol. The molecule has 0 saturated heterocycles. The molecule has 26 heavy (non-hydrogen) atoms. The van der Waals surface area contributed by atoms with Crippen molar-refractivity contribution < 1.29 is 14.3 Å². The molecular weight excluding hydrogens is 330 g/mol. The highest BCUT2D eigenvalue weighted by atomic mass is 16.5. The molecule has 0 aliphatic heterocycles. The number of hydrogen-bond donors (Lipinski definition) is 2. The molecule has 2 rings (SSSR count). The Morgan fingerprint density at radius 1 is 1.27 bits per heavy atom. The average Bonchev–Trinajstić information content (AvgIpc) is 2.64. The van der Waals surface area contributed by atoms with E-state index in [9.17, 15) is 4.79 Å². The number of pyridine rings is 1. The number of methoxy groups -OCH3 is 1. The summed E-state index contributed by atoms with van der Waals surface area (Å²) in [5.74, 6) is 6.49. The number of carbonyl (C=O) groups is 1. The number of nitrogens with zero attached hydrogens (tertiary/aromatic N) is 1. The van der Waals surface area contributed by atoms with Crippen LogP contribution in [0.4, 0.5) is 5.82 Å². The first-order chi connectivity index (χ1) is 12.6. The molecule has 0 aliphatic carbocycles. The van der Waals surface area contributed by atoms with Crippen molar-refractivity contribution in [3.63, 3.8) is 0 Å². The average molecular weight is 353 g/mol. The molecule has 0 aliphatic rings. The second kappa shape index (κ2) is 10.1. The van der Waals surface area contributed by atoms with Crippen LogP contribution < -0.4 is 15.8 Å². The van der Waals surface area contributed by atoms with Crippen LogP contribution in [0.15, 0.2) is 36.4 Å². The number of anilines is 1. The van der Waals surface area contributed by atoms with Gasteiger partial charge in [-0.05, 0) is 29.8 Å². The van der Waals surface area contributed by atoms with Crippen LogP contribution in [0.3, 0.4) is 0 Å². The maximum absolute atomic E-state index is 12.3. The maximum atomic E-state index is 12.3. The highest BCUT2D eigenvalue weighted by Crippen LogP contribution is 2.14. The van der Waals surface area contributed by atoms with Gasteiger partial charge in [0.1, 0.15) is 18.2 Å². The third-order valence-corrected chi connectivity index (χ3v) is 3.48. The van der Waals surface area contributed by atoms with Crippen LogP contribution in [0.5, 0.6) is 5.75 Å². The fourth-order valence-electron chi connectivity index (χ4n) is 2.26. The lowest BCUT2D eigenvalue weighted by Crippen LogP contribution is -2.24. The SMILES string of the molecule is CCC#CCOc1cccc(CNC(=O)c2ccc(COC)nc2N)c1. The Morgan fingerprint density at radius 2 is 2.12 bits per heavy atom. The molecule has 2 aromatic rings. The van der Waals surface area contributed by atoms with E-state index in [4.69, 9.17) is 15.2 Å². The van der Waals surface area contributed by atoms with Gasteiger partial charge in [-0.15, -0.1) is 5.92 Å². The van der Waals surface area contributed by atoms with Crippen LogP contribution in [-0.4, -0.2) is 24.6 Å². The Kier molecular flexibility index (Phi) is 7.47. The van der Waals surface area contributed by atoms with Gasteiger partial charge in [-0.2, -0.15) is 0 Å².